The van der Waals surface area contributed by atoms with Crippen molar-refractivity contribution in [2.75, 3.05) is 0 Å². The quantitative estimate of drug-likeness (QED) is 0.346. The summed E-state index contributed by atoms with van der Waals surface area (Å²) in [5, 5.41) is 12.0. The summed E-state index contributed by atoms with van der Waals surface area (Å²) in [6.07, 6.45) is 0.514. The van der Waals surface area contributed by atoms with Gasteiger partial charge < -0.3 is 5.21 Å². The number of hydrogen-bond acceptors (Lipinski definition) is 3. The molecule has 4 nitrogen and oxygen atoms in total. The van der Waals surface area contributed by atoms with Crippen molar-refractivity contribution >= 4 is 17.8 Å². The Labute approximate surface area is 96.4 Å². The predicted octanol–water partition coefficient (Wildman–Crippen LogP) is 2.51. The van der Waals surface area contributed by atoms with Crippen LogP contribution in [0.4, 0.5) is 0 Å². The number of oxime groups is 1. The van der Waals surface area contributed by atoms with Crippen LogP contribution < -0.4 is 0 Å². The molecule has 1 fully saturated rings. The van der Waals surface area contributed by atoms with Gasteiger partial charge in [0.1, 0.15) is 0 Å². The van der Waals surface area contributed by atoms with Crippen molar-refractivity contribution in [2.24, 2.45) is 26.4 Å². The molecule has 0 spiro atoms. The SMILES string of the molecule is C/C(=N/O)C(=NC=O)C1(C)C(C)(C)C1(C)C. The minimum Gasteiger partial charge on any atom is -0.411 e. The van der Waals surface area contributed by atoms with Crippen LogP contribution in [-0.4, -0.2) is 23.0 Å². The van der Waals surface area contributed by atoms with E-state index < -0.39 is 0 Å². The Morgan fingerprint density at radius 3 is 1.81 bits per heavy atom. The second-order valence-electron chi connectivity index (χ2n) is 5.64. The third kappa shape index (κ3) is 1.19. The zero-order chi connectivity index (χ0) is 12.8. The van der Waals surface area contributed by atoms with Crippen molar-refractivity contribution in [2.45, 2.75) is 41.5 Å². The van der Waals surface area contributed by atoms with Crippen LogP contribution in [0.2, 0.25) is 0 Å². The fourth-order valence-corrected chi connectivity index (χ4v) is 2.87. The topological polar surface area (TPSA) is 62.0 Å². The van der Waals surface area contributed by atoms with Crippen molar-refractivity contribution in [3.8, 4) is 0 Å². The van der Waals surface area contributed by atoms with Gasteiger partial charge >= 0.3 is 0 Å². The van der Waals surface area contributed by atoms with Gasteiger partial charge in [-0.15, -0.1) is 0 Å². The highest BCUT2D eigenvalue weighted by Gasteiger charge is 2.76. The van der Waals surface area contributed by atoms with Crippen LogP contribution in [0, 0.1) is 16.2 Å². The van der Waals surface area contributed by atoms with Gasteiger partial charge in [0.15, 0.2) is 0 Å². The van der Waals surface area contributed by atoms with Gasteiger partial charge in [0, 0.05) is 5.41 Å². The van der Waals surface area contributed by atoms with E-state index in [-0.39, 0.29) is 16.2 Å². The minimum absolute atomic E-state index is 0.0216. The normalized spacial score (nSPS) is 26.4. The molecule has 0 heterocycles. The molecule has 1 saturated carbocycles. The summed E-state index contributed by atoms with van der Waals surface area (Å²) < 4.78 is 0. The molecule has 1 N–H and O–H groups in total. The second-order valence-corrected chi connectivity index (χ2v) is 5.64. The summed E-state index contributed by atoms with van der Waals surface area (Å²) in [6, 6.07) is 0. The maximum Gasteiger partial charge on any atom is 0.233 e. The summed E-state index contributed by atoms with van der Waals surface area (Å²) in [5.41, 5.74) is 0.798. The summed E-state index contributed by atoms with van der Waals surface area (Å²) in [7, 11) is 0. The van der Waals surface area contributed by atoms with Crippen LogP contribution >= 0.6 is 0 Å². The first-order valence-corrected chi connectivity index (χ1v) is 5.39. The lowest BCUT2D eigenvalue weighted by molar-refractivity contribution is -0.106. The average molecular weight is 224 g/mol. The van der Waals surface area contributed by atoms with Crippen LogP contribution in [0.3, 0.4) is 0 Å². The number of nitrogens with zero attached hydrogens (tertiary/aromatic N) is 2. The molecule has 0 saturated heterocycles. The molecule has 0 unspecified atom stereocenters. The highest BCUT2D eigenvalue weighted by atomic mass is 16.4. The molecule has 1 aliphatic carbocycles. The third-order valence-electron chi connectivity index (χ3n) is 5.15. The van der Waals surface area contributed by atoms with Gasteiger partial charge in [-0.3, -0.25) is 4.79 Å². The molecular weight excluding hydrogens is 204 g/mol. The van der Waals surface area contributed by atoms with Crippen molar-refractivity contribution in [1.29, 1.82) is 0 Å². The van der Waals surface area contributed by atoms with E-state index in [0.717, 1.165) is 0 Å². The molecule has 0 aromatic carbocycles. The molecule has 1 aliphatic rings. The van der Waals surface area contributed by atoms with Crippen LogP contribution in [0.15, 0.2) is 10.1 Å². The van der Waals surface area contributed by atoms with E-state index in [1.807, 2.05) is 0 Å². The molecule has 90 valence electrons. The number of rotatable bonds is 3. The summed E-state index contributed by atoms with van der Waals surface area (Å²) in [6.45, 7) is 12.3. The van der Waals surface area contributed by atoms with E-state index in [9.17, 15) is 4.79 Å². The van der Waals surface area contributed by atoms with Crippen LogP contribution in [-0.2, 0) is 4.79 Å². The van der Waals surface area contributed by atoms with E-state index in [0.29, 0.717) is 17.8 Å². The number of carbonyl (C=O) groups is 1. The average Bonchev–Trinajstić information content (AvgIpc) is 2.52. The molecular formula is C12H20N2O2. The van der Waals surface area contributed by atoms with Gasteiger partial charge in [-0.25, -0.2) is 4.99 Å². The molecule has 0 aromatic rings. The maximum absolute atomic E-state index is 10.6. The van der Waals surface area contributed by atoms with Gasteiger partial charge in [0.25, 0.3) is 0 Å². The van der Waals surface area contributed by atoms with E-state index in [1.54, 1.807) is 6.92 Å². The lowest BCUT2D eigenvalue weighted by Gasteiger charge is -2.17. The smallest absolute Gasteiger partial charge is 0.233 e. The standard InChI is InChI=1S/C12H20N2O2/c1-8(14-16)9(13-7-15)12(6)10(2,3)11(12,4)5/h7,16H,1-6H3/b13-9?,14-8-. The zero-order valence-electron chi connectivity index (χ0n) is 10.8. The number of carbonyl (C=O) groups excluding carboxylic acids is 1. The number of hydrogen-bond donors (Lipinski definition) is 1. The van der Waals surface area contributed by atoms with E-state index >= 15 is 0 Å². The molecule has 1 rings (SSSR count). The summed E-state index contributed by atoms with van der Waals surface area (Å²) >= 11 is 0. The highest BCUT2D eigenvalue weighted by Crippen LogP contribution is 2.78. The Bertz CT molecular complexity index is 364. The van der Waals surface area contributed by atoms with Crippen LogP contribution in [0.25, 0.3) is 0 Å². The third-order valence-corrected chi connectivity index (χ3v) is 5.15. The van der Waals surface area contributed by atoms with Gasteiger partial charge in [0.05, 0.1) is 11.4 Å². The predicted molar refractivity (Wildman–Crippen MR) is 64.1 cm³/mol. The Morgan fingerprint density at radius 2 is 1.56 bits per heavy atom. The van der Waals surface area contributed by atoms with Crippen LogP contribution in [0.1, 0.15) is 41.5 Å². The molecule has 0 bridgehead atoms. The lowest BCUT2D eigenvalue weighted by Crippen LogP contribution is -2.27. The molecule has 1 amide bonds. The lowest BCUT2D eigenvalue weighted by atomic mass is 9.88. The van der Waals surface area contributed by atoms with Gasteiger partial charge in [-0.05, 0) is 17.8 Å². The first-order valence-electron chi connectivity index (χ1n) is 5.39. The molecule has 4 heteroatoms. The van der Waals surface area contributed by atoms with Gasteiger partial charge in [-0.2, -0.15) is 0 Å². The van der Waals surface area contributed by atoms with Crippen LogP contribution in [0.5, 0.6) is 0 Å². The van der Waals surface area contributed by atoms with Gasteiger partial charge in [0.2, 0.25) is 6.41 Å². The fourth-order valence-electron chi connectivity index (χ4n) is 2.87. The molecule has 0 atom stereocenters. The fraction of sp³-hybridized carbons (Fsp3) is 0.750. The first kappa shape index (κ1) is 12.9. The highest BCUT2D eigenvalue weighted by molar-refractivity contribution is 6.45. The van der Waals surface area contributed by atoms with Crippen molar-refractivity contribution in [1.82, 2.24) is 0 Å². The monoisotopic (exact) mass is 224 g/mol. The number of aliphatic imine (C=N–C) groups is 1. The van der Waals surface area contributed by atoms with E-state index in [4.69, 9.17) is 5.21 Å². The van der Waals surface area contributed by atoms with E-state index in [1.165, 1.54) is 0 Å². The van der Waals surface area contributed by atoms with Crippen molar-refractivity contribution in [3.63, 3.8) is 0 Å². The Kier molecular flexibility index (Phi) is 2.74. The Balaban J connectivity index is 3.29. The molecule has 0 radical (unpaired) electrons. The molecule has 16 heavy (non-hydrogen) atoms. The van der Waals surface area contributed by atoms with Crippen molar-refractivity contribution < 1.29 is 10.0 Å². The molecule has 0 aliphatic heterocycles. The first-order chi connectivity index (χ1) is 7.18. The minimum atomic E-state index is -0.239. The Morgan fingerprint density at radius 1 is 1.12 bits per heavy atom. The van der Waals surface area contributed by atoms with E-state index in [2.05, 4.69) is 44.8 Å². The maximum atomic E-state index is 10.6. The van der Waals surface area contributed by atoms with Gasteiger partial charge in [-0.1, -0.05) is 39.8 Å². The molecule has 0 aromatic heterocycles. The van der Waals surface area contributed by atoms with Crippen molar-refractivity contribution in [3.05, 3.63) is 0 Å². The number of amides is 1. The zero-order valence-corrected chi connectivity index (χ0v) is 10.8. The Hall–Kier alpha value is -1.19. The second kappa shape index (κ2) is 3.40. The summed E-state index contributed by atoms with van der Waals surface area (Å²) in [5.74, 6) is 0. The largest absolute Gasteiger partial charge is 0.411 e. The summed E-state index contributed by atoms with van der Waals surface area (Å²) in [4.78, 5) is 14.5.